The number of fused-ring (bicyclic) bond motifs is 1. The van der Waals surface area contributed by atoms with Gasteiger partial charge in [-0.15, -0.1) is 0 Å². The van der Waals surface area contributed by atoms with Crippen LogP contribution in [0.15, 0.2) is 42.5 Å². The molecule has 0 aromatic heterocycles. The zero-order valence-electron chi connectivity index (χ0n) is 13.0. The van der Waals surface area contributed by atoms with Crippen LogP contribution in [-0.2, 0) is 21.0 Å². The number of carboxylic acids is 1. The van der Waals surface area contributed by atoms with Gasteiger partial charge in [0, 0.05) is 0 Å². The Morgan fingerprint density at radius 3 is 2.52 bits per heavy atom. The molecule has 0 spiro atoms. The van der Waals surface area contributed by atoms with Crippen LogP contribution in [-0.4, -0.2) is 23.3 Å². The Morgan fingerprint density at radius 1 is 1.13 bits per heavy atom. The van der Waals surface area contributed by atoms with Crippen molar-refractivity contribution in [1.82, 2.24) is 5.48 Å². The summed E-state index contributed by atoms with van der Waals surface area (Å²) in [4.78, 5) is 27.5. The molecule has 2 rings (SSSR count). The fourth-order valence-corrected chi connectivity index (χ4v) is 2.17. The van der Waals surface area contributed by atoms with Gasteiger partial charge in [0.25, 0.3) is 0 Å². The van der Waals surface area contributed by atoms with Crippen molar-refractivity contribution < 1.29 is 24.3 Å². The lowest BCUT2D eigenvalue weighted by Gasteiger charge is -2.16. The largest absolute Gasteiger partial charge is 0.479 e. The van der Waals surface area contributed by atoms with Gasteiger partial charge in [-0.05, 0) is 22.3 Å². The van der Waals surface area contributed by atoms with Crippen molar-refractivity contribution in [2.45, 2.75) is 26.6 Å². The number of carbonyl (C=O) groups excluding carboxylic acids is 1. The molecule has 1 atom stereocenters. The highest BCUT2D eigenvalue weighted by atomic mass is 16.7. The molecule has 122 valence electrons. The van der Waals surface area contributed by atoms with Gasteiger partial charge in [0.15, 0.2) is 6.10 Å². The van der Waals surface area contributed by atoms with Crippen molar-refractivity contribution in [3.05, 3.63) is 48.0 Å². The lowest BCUT2D eigenvalue weighted by Crippen LogP contribution is -2.37. The maximum atomic E-state index is 11.7. The van der Waals surface area contributed by atoms with Crippen LogP contribution in [0.1, 0.15) is 19.4 Å². The molecule has 6 nitrogen and oxygen atoms in total. The second kappa shape index (κ2) is 7.60. The Balaban J connectivity index is 1.92. The first-order valence-corrected chi connectivity index (χ1v) is 7.27. The van der Waals surface area contributed by atoms with E-state index in [4.69, 9.17) is 14.7 Å². The van der Waals surface area contributed by atoms with Crippen molar-refractivity contribution >= 4 is 22.8 Å². The van der Waals surface area contributed by atoms with Gasteiger partial charge in [-0.3, -0.25) is 4.84 Å². The molecule has 0 unspecified atom stereocenters. The van der Waals surface area contributed by atoms with E-state index in [9.17, 15) is 9.59 Å². The minimum absolute atomic E-state index is 0.0654. The summed E-state index contributed by atoms with van der Waals surface area (Å²) in [6, 6.07) is 13.5. The first-order valence-electron chi connectivity index (χ1n) is 7.27. The van der Waals surface area contributed by atoms with Crippen molar-refractivity contribution in [2.75, 3.05) is 0 Å². The zero-order chi connectivity index (χ0) is 16.8. The molecule has 1 amide bonds. The van der Waals surface area contributed by atoms with Gasteiger partial charge < -0.3 is 9.84 Å². The van der Waals surface area contributed by atoms with E-state index < -0.39 is 18.2 Å². The van der Waals surface area contributed by atoms with Crippen LogP contribution in [0.2, 0.25) is 0 Å². The Bertz CT molecular complexity index is 693. The van der Waals surface area contributed by atoms with Crippen molar-refractivity contribution in [2.24, 2.45) is 5.92 Å². The van der Waals surface area contributed by atoms with E-state index in [1.54, 1.807) is 13.8 Å². The van der Waals surface area contributed by atoms with Crippen LogP contribution in [0.4, 0.5) is 4.79 Å². The number of hydroxylamine groups is 1. The normalized spacial score (nSPS) is 12.1. The van der Waals surface area contributed by atoms with Gasteiger partial charge in [-0.1, -0.05) is 56.3 Å². The van der Waals surface area contributed by atoms with Crippen LogP contribution in [0.3, 0.4) is 0 Å². The Hall–Kier alpha value is -2.60. The number of ether oxygens (including phenoxy) is 1. The van der Waals surface area contributed by atoms with Gasteiger partial charge in [0.05, 0.1) is 0 Å². The maximum Gasteiger partial charge on any atom is 0.431 e. The molecule has 0 radical (unpaired) electrons. The maximum absolute atomic E-state index is 11.7. The molecule has 0 saturated heterocycles. The predicted octanol–water partition coefficient (Wildman–Crippen LogP) is 3.11. The molecule has 0 bridgehead atoms. The zero-order valence-corrected chi connectivity index (χ0v) is 13.0. The van der Waals surface area contributed by atoms with Crippen LogP contribution in [0.25, 0.3) is 10.8 Å². The van der Waals surface area contributed by atoms with E-state index in [0.717, 1.165) is 16.3 Å². The third-order valence-electron chi connectivity index (χ3n) is 3.36. The summed E-state index contributed by atoms with van der Waals surface area (Å²) in [5.74, 6) is -1.43. The minimum atomic E-state index is -1.14. The van der Waals surface area contributed by atoms with Gasteiger partial charge >= 0.3 is 12.1 Å². The molecule has 2 aromatic carbocycles. The standard InChI is InChI=1S/C17H19NO5/c1-11(2)15(16(19)20)23-18-17(21)22-10-13-8-5-7-12-6-3-4-9-14(12)13/h3-9,11,15H,10H2,1-2H3,(H,18,21)(H,19,20)/t15-/m0/s1. The van der Waals surface area contributed by atoms with E-state index in [0.29, 0.717) is 0 Å². The van der Waals surface area contributed by atoms with Gasteiger partial charge in [-0.25, -0.2) is 9.59 Å². The van der Waals surface area contributed by atoms with Gasteiger partial charge in [0.2, 0.25) is 0 Å². The minimum Gasteiger partial charge on any atom is -0.479 e. The molecular weight excluding hydrogens is 298 g/mol. The van der Waals surface area contributed by atoms with E-state index in [-0.39, 0.29) is 12.5 Å². The number of amides is 1. The number of rotatable bonds is 6. The Kier molecular flexibility index (Phi) is 5.54. The third kappa shape index (κ3) is 4.43. The van der Waals surface area contributed by atoms with Crippen molar-refractivity contribution in [3.8, 4) is 0 Å². The number of carbonyl (C=O) groups is 2. The monoisotopic (exact) mass is 317 g/mol. The fraction of sp³-hybridized carbons (Fsp3) is 0.294. The SMILES string of the molecule is CC(C)[C@H](ONC(=O)OCc1cccc2ccccc12)C(=O)O. The number of hydrogen-bond donors (Lipinski definition) is 2. The summed E-state index contributed by atoms with van der Waals surface area (Å²) in [6.07, 6.45) is -1.95. The summed E-state index contributed by atoms with van der Waals surface area (Å²) in [6.45, 7) is 3.43. The average Bonchev–Trinajstić information content (AvgIpc) is 2.52. The number of benzene rings is 2. The van der Waals surface area contributed by atoms with Crippen LogP contribution in [0.5, 0.6) is 0 Å². The predicted molar refractivity (Wildman–Crippen MR) is 84.6 cm³/mol. The molecule has 0 fully saturated rings. The molecule has 0 aliphatic heterocycles. The first-order chi connectivity index (χ1) is 11.0. The fourth-order valence-electron chi connectivity index (χ4n) is 2.17. The number of carboxylic acid groups (broad SMARTS) is 1. The van der Waals surface area contributed by atoms with Crippen LogP contribution < -0.4 is 5.48 Å². The van der Waals surface area contributed by atoms with Crippen LogP contribution >= 0.6 is 0 Å². The highest BCUT2D eigenvalue weighted by Gasteiger charge is 2.23. The van der Waals surface area contributed by atoms with E-state index in [1.807, 2.05) is 47.9 Å². The Morgan fingerprint density at radius 2 is 1.83 bits per heavy atom. The summed E-state index contributed by atoms with van der Waals surface area (Å²) < 4.78 is 5.08. The lowest BCUT2D eigenvalue weighted by atomic mass is 10.1. The quantitative estimate of drug-likeness (QED) is 0.800. The van der Waals surface area contributed by atoms with Gasteiger partial charge in [0.1, 0.15) is 6.61 Å². The second-order valence-corrected chi connectivity index (χ2v) is 5.44. The molecular formula is C17H19NO5. The van der Waals surface area contributed by atoms with Crippen LogP contribution in [0, 0.1) is 5.92 Å². The highest BCUT2D eigenvalue weighted by Crippen LogP contribution is 2.19. The molecule has 6 heteroatoms. The Labute approximate surface area is 134 Å². The van der Waals surface area contributed by atoms with Crippen molar-refractivity contribution in [3.63, 3.8) is 0 Å². The number of aliphatic carboxylic acids is 1. The summed E-state index contributed by atoms with van der Waals surface area (Å²) in [7, 11) is 0. The smallest absolute Gasteiger partial charge is 0.431 e. The summed E-state index contributed by atoms with van der Waals surface area (Å²) in [5, 5.41) is 11.0. The van der Waals surface area contributed by atoms with E-state index >= 15 is 0 Å². The third-order valence-corrected chi connectivity index (χ3v) is 3.36. The molecule has 0 aliphatic carbocycles. The molecule has 23 heavy (non-hydrogen) atoms. The number of nitrogens with one attached hydrogen (secondary N) is 1. The lowest BCUT2D eigenvalue weighted by molar-refractivity contribution is -0.158. The topological polar surface area (TPSA) is 84.9 Å². The van der Waals surface area contributed by atoms with E-state index in [2.05, 4.69) is 0 Å². The molecule has 0 heterocycles. The number of hydrogen-bond acceptors (Lipinski definition) is 4. The van der Waals surface area contributed by atoms with E-state index in [1.165, 1.54) is 0 Å². The van der Waals surface area contributed by atoms with Gasteiger partial charge in [-0.2, -0.15) is 5.48 Å². The second-order valence-electron chi connectivity index (χ2n) is 5.44. The molecule has 2 aromatic rings. The summed E-state index contributed by atoms with van der Waals surface area (Å²) in [5.41, 5.74) is 2.88. The highest BCUT2D eigenvalue weighted by molar-refractivity contribution is 5.85. The molecule has 2 N–H and O–H groups in total. The summed E-state index contributed by atoms with van der Waals surface area (Å²) >= 11 is 0. The molecule has 0 saturated carbocycles. The van der Waals surface area contributed by atoms with Crippen molar-refractivity contribution in [1.29, 1.82) is 0 Å². The average molecular weight is 317 g/mol. The first kappa shape index (κ1) is 16.8. The molecule has 0 aliphatic rings.